The first-order valence-corrected chi connectivity index (χ1v) is 7.99. The third-order valence-corrected chi connectivity index (χ3v) is 3.48. The second-order valence-electron chi connectivity index (χ2n) is 6.63. The molecular weight excluding hydrogens is 278 g/mol. The Morgan fingerprint density at radius 1 is 0.955 bits per heavy atom. The number of ether oxygens (including phenoxy) is 2. The van der Waals surface area contributed by atoms with E-state index in [-0.39, 0.29) is 0 Å². The van der Waals surface area contributed by atoms with Gasteiger partial charge in [-0.15, -0.1) is 0 Å². The maximum Gasteiger partial charge on any atom is 0.128 e. The van der Waals surface area contributed by atoms with Gasteiger partial charge in [0.25, 0.3) is 0 Å². The van der Waals surface area contributed by atoms with Gasteiger partial charge in [-0.2, -0.15) is 0 Å². The first-order chi connectivity index (χ1) is 10.4. The van der Waals surface area contributed by atoms with E-state index < -0.39 is 6.10 Å². The molecule has 126 valence electrons. The lowest BCUT2D eigenvalue weighted by atomic mass is 10.1. The molecule has 0 bridgehead atoms. The Balaban J connectivity index is 2.86. The van der Waals surface area contributed by atoms with E-state index in [1.165, 1.54) is 0 Å². The Labute approximate surface area is 135 Å². The van der Waals surface area contributed by atoms with E-state index in [2.05, 4.69) is 32.6 Å². The van der Waals surface area contributed by atoms with Crippen molar-refractivity contribution in [3.05, 3.63) is 23.8 Å². The maximum atomic E-state index is 10.6. The summed E-state index contributed by atoms with van der Waals surface area (Å²) in [6.07, 6.45) is -0.571. The van der Waals surface area contributed by atoms with Crippen molar-refractivity contribution in [2.24, 2.45) is 11.8 Å². The fraction of sp³-hybridized carbons (Fsp3) is 0.667. The summed E-state index contributed by atoms with van der Waals surface area (Å²) in [4.78, 5) is 2.32. The normalized spacial score (nSPS) is 13.0. The highest BCUT2D eigenvalue weighted by molar-refractivity contribution is 5.42. The molecule has 22 heavy (non-hydrogen) atoms. The van der Waals surface area contributed by atoms with Gasteiger partial charge in [0.1, 0.15) is 11.5 Å². The summed E-state index contributed by atoms with van der Waals surface area (Å²) in [5.74, 6) is 2.54. The van der Waals surface area contributed by atoms with Crippen LogP contribution >= 0.6 is 0 Å². The van der Waals surface area contributed by atoms with Crippen LogP contribution in [0.2, 0.25) is 0 Å². The lowest BCUT2D eigenvalue weighted by Crippen LogP contribution is -2.35. The Kier molecular flexibility index (Phi) is 7.69. The molecule has 1 aromatic carbocycles. The zero-order valence-corrected chi connectivity index (χ0v) is 14.8. The van der Waals surface area contributed by atoms with Gasteiger partial charge >= 0.3 is 0 Å². The highest BCUT2D eigenvalue weighted by Crippen LogP contribution is 2.30. The van der Waals surface area contributed by atoms with E-state index in [0.717, 1.165) is 24.4 Å². The quantitative estimate of drug-likeness (QED) is 0.759. The molecule has 0 aliphatic rings. The molecule has 0 saturated carbocycles. The second kappa shape index (κ2) is 9.01. The predicted octanol–water partition coefficient (Wildman–Crippen LogP) is 3.35. The van der Waals surface area contributed by atoms with Crippen molar-refractivity contribution in [3.63, 3.8) is 0 Å². The highest BCUT2D eigenvalue weighted by Gasteiger charge is 2.19. The fourth-order valence-corrected chi connectivity index (χ4v) is 2.69. The van der Waals surface area contributed by atoms with Crippen molar-refractivity contribution in [2.45, 2.75) is 33.8 Å². The first-order valence-electron chi connectivity index (χ1n) is 7.99. The summed E-state index contributed by atoms with van der Waals surface area (Å²) in [5, 5.41) is 10.6. The molecule has 0 aromatic heterocycles. The predicted molar refractivity (Wildman–Crippen MR) is 90.6 cm³/mol. The van der Waals surface area contributed by atoms with Gasteiger partial charge in [-0.3, -0.25) is 4.90 Å². The SMILES string of the molecule is COc1ccc(C(O)CN(CC(C)C)CC(C)C)c(OC)c1. The Hall–Kier alpha value is -1.26. The van der Waals surface area contributed by atoms with Crippen LogP contribution in [0.1, 0.15) is 39.4 Å². The minimum Gasteiger partial charge on any atom is -0.497 e. The van der Waals surface area contributed by atoms with Crippen LogP contribution < -0.4 is 9.47 Å². The van der Waals surface area contributed by atoms with Crippen molar-refractivity contribution in [1.29, 1.82) is 0 Å². The molecule has 0 heterocycles. The van der Waals surface area contributed by atoms with Crippen LogP contribution in [0, 0.1) is 11.8 Å². The average Bonchev–Trinajstić information content (AvgIpc) is 2.44. The summed E-state index contributed by atoms with van der Waals surface area (Å²) in [5.41, 5.74) is 0.806. The van der Waals surface area contributed by atoms with Crippen LogP contribution in [0.3, 0.4) is 0 Å². The Morgan fingerprint density at radius 2 is 1.55 bits per heavy atom. The van der Waals surface area contributed by atoms with Crippen molar-refractivity contribution in [2.75, 3.05) is 33.9 Å². The van der Waals surface area contributed by atoms with Crippen LogP contribution in [0.25, 0.3) is 0 Å². The number of aliphatic hydroxyl groups is 1. The lowest BCUT2D eigenvalue weighted by molar-refractivity contribution is 0.0967. The summed E-state index contributed by atoms with van der Waals surface area (Å²) in [6, 6.07) is 5.55. The van der Waals surface area contributed by atoms with E-state index in [9.17, 15) is 5.11 Å². The maximum absolute atomic E-state index is 10.6. The largest absolute Gasteiger partial charge is 0.497 e. The van der Waals surface area contributed by atoms with Gasteiger partial charge in [0.15, 0.2) is 0 Å². The number of hydrogen-bond donors (Lipinski definition) is 1. The molecule has 1 rings (SSSR count). The molecule has 0 spiro atoms. The van der Waals surface area contributed by atoms with E-state index >= 15 is 0 Å². The molecule has 0 fully saturated rings. The summed E-state index contributed by atoms with van der Waals surface area (Å²) in [6.45, 7) is 11.4. The van der Waals surface area contributed by atoms with Crippen molar-refractivity contribution >= 4 is 0 Å². The van der Waals surface area contributed by atoms with Gasteiger partial charge in [0.2, 0.25) is 0 Å². The van der Waals surface area contributed by atoms with Crippen molar-refractivity contribution in [3.8, 4) is 11.5 Å². The number of rotatable bonds is 9. The topological polar surface area (TPSA) is 41.9 Å². The van der Waals surface area contributed by atoms with Crippen molar-refractivity contribution in [1.82, 2.24) is 4.90 Å². The summed E-state index contributed by atoms with van der Waals surface area (Å²) < 4.78 is 10.6. The van der Waals surface area contributed by atoms with Gasteiger partial charge in [-0.25, -0.2) is 0 Å². The third-order valence-electron chi connectivity index (χ3n) is 3.48. The molecule has 4 heteroatoms. The van der Waals surface area contributed by atoms with E-state index in [4.69, 9.17) is 9.47 Å². The van der Waals surface area contributed by atoms with E-state index in [0.29, 0.717) is 24.1 Å². The number of nitrogens with zero attached hydrogens (tertiary/aromatic N) is 1. The number of aliphatic hydroxyl groups excluding tert-OH is 1. The van der Waals surface area contributed by atoms with Gasteiger partial charge in [-0.05, 0) is 24.0 Å². The molecule has 0 saturated heterocycles. The third kappa shape index (κ3) is 5.85. The van der Waals surface area contributed by atoms with Gasteiger partial charge in [0.05, 0.1) is 20.3 Å². The Morgan fingerprint density at radius 3 is 2.00 bits per heavy atom. The molecule has 0 amide bonds. The second-order valence-corrected chi connectivity index (χ2v) is 6.63. The monoisotopic (exact) mass is 309 g/mol. The van der Waals surface area contributed by atoms with Crippen LogP contribution in [0.15, 0.2) is 18.2 Å². The van der Waals surface area contributed by atoms with Gasteiger partial charge in [-0.1, -0.05) is 27.7 Å². The van der Waals surface area contributed by atoms with Gasteiger partial charge in [0, 0.05) is 31.3 Å². The minimum atomic E-state index is -0.571. The lowest BCUT2D eigenvalue weighted by Gasteiger charge is -2.29. The fourth-order valence-electron chi connectivity index (χ4n) is 2.69. The standard InChI is InChI=1S/C18H31NO3/c1-13(2)10-19(11-14(3)4)12-17(20)16-8-7-15(21-5)9-18(16)22-6/h7-9,13-14,17,20H,10-12H2,1-6H3. The van der Waals surface area contributed by atoms with E-state index in [1.54, 1.807) is 14.2 Å². The molecule has 0 radical (unpaired) electrons. The molecule has 0 aliphatic carbocycles. The molecule has 1 unspecified atom stereocenters. The van der Waals surface area contributed by atoms with Gasteiger partial charge < -0.3 is 14.6 Å². The first kappa shape index (κ1) is 18.8. The number of methoxy groups -OCH3 is 2. The molecule has 4 nitrogen and oxygen atoms in total. The molecule has 1 aromatic rings. The summed E-state index contributed by atoms with van der Waals surface area (Å²) >= 11 is 0. The number of benzene rings is 1. The smallest absolute Gasteiger partial charge is 0.128 e. The van der Waals surface area contributed by atoms with Crippen LogP contribution in [-0.2, 0) is 0 Å². The van der Waals surface area contributed by atoms with Crippen LogP contribution in [0.4, 0.5) is 0 Å². The van der Waals surface area contributed by atoms with Crippen LogP contribution in [0.5, 0.6) is 11.5 Å². The zero-order chi connectivity index (χ0) is 16.7. The average molecular weight is 309 g/mol. The Bertz CT molecular complexity index is 436. The van der Waals surface area contributed by atoms with E-state index in [1.807, 2.05) is 18.2 Å². The molecule has 0 aliphatic heterocycles. The zero-order valence-electron chi connectivity index (χ0n) is 14.8. The molecular formula is C18H31NO3. The van der Waals surface area contributed by atoms with Crippen LogP contribution in [-0.4, -0.2) is 43.9 Å². The minimum absolute atomic E-state index is 0.571. The number of hydrogen-bond acceptors (Lipinski definition) is 4. The molecule has 1 atom stereocenters. The highest BCUT2D eigenvalue weighted by atomic mass is 16.5. The molecule has 1 N–H and O–H groups in total. The summed E-state index contributed by atoms with van der Waals surface area (Å²) in [7, 11) is 3.24. The van der Waals surface area contributed by atoms with Crippen molar-refractivity contribution < 1.29 is 14.6 Å².